The topological polar surface area (TPSA) is 133 Å². The van der Waals surface area contributed by atoms with Crippen molar-refractivity contribution < 1.29 is 52.3 Å². The molecule has 2 rings (SSSR count). The predicted molar refractivity (Wildman–Crippen MR) is 111 cm³/mol. The number of carbonyl (C=O) groups is 4. The summed E-state index contributed by atoms with van der Waals surface area (Å²) in [7, 11) is 0. The minimum Gasteiger partial charge on any atom is -0.386 e. The number of esters is 4. The Morgan fingerprint density at radius 3 is 0.970 bits per heavy atom. The lowest BCUT2D eigenvalue weighted by Gasteiger charge is -2.08. The third-order valence-corrected chi connectivity index (χ3v) is 4.86. The Balaban J connectivity index is 1.31. The first-order valence-electron chi connectivity index (χ1n) is 10.7. The van der Waals surface area contributed by atoms with Crippen LogP contribution in [0, 0.1) is 0 Å². The Labute approximate surface area is 191 Å². The zero-order valence-electron chi connectivity index (χ0n) is 19.0. The van der Waals surface area contributed by atoms with E-state index >= 15 is 0 Å². The number of cyclic esters (lactones) is 4. The normalized spacial score (nSPS) is 16.3. The van der Waals surface area contributed by atoms with Crippen molar-refractivity contribution in [1.82, 2.24) is 0 Å². The summed E-state index contributed by atoms with van der Waals surface area (Å²) in [4.78, 5) is 45.3. The zero-order valence-corrected chi connectivity index (χ0v) is 19.0. The lowest BCUT2D eigenvalue weighted by Crippen LogP contribution is -2.14. The number of rotatable bonds is 18. The standard InChI is InChI=1S/C22H30O11/c1-15-17(21(25)32-19(15)23)3-5-27-7-9-29-11-13-31-14-12-30-10-8-28-6-4-18-16(2)20(24)33-22(18)26/h3-14H2,1-2H3. The van der Waals surface area contributed by atoms with Gasteiger partial charge in [-0.25, -0.2) is 19.2 Å². The summed E-state index contributed by atoms with van der Waals surface area (Å²) >= 11 is 0. The molecule has 33 heavy (non-hydrogen) atoms. The Bertz CT molecular complexity index is 717. The van der Waals surface area contributed by atoms with Crippen molar-refractivity contribution >= 4 is 23.9 Å². The van der Waals surface area contributed by atoms with Gasteiger partial charge in [0.25, 0.3) is 0 Å². The summed E-state index contributed by atoms with van der Waals surface area (Å²) in [5, 5.41) is 0. The molecule has 2 aliphatic heterocycles. The molecule has 2 aliphatic rings. The average Bonchev–Trinajstić information content (AvgIpc) is 3.17. The summed E-state index contributed by atoms with van der Waals surface area (Å²) in [5.74, 6) is -2.36. The molecule has 0 aromatic heterocycles. The Morgan fingerprint density at radius 2 is 0.727 bits per heavy atom. The van der Waals surface area contributed by atoms with Gasteiger partial charge in [-0.05, 0) is 13.8 Å². The van der Waals surface area contributed by atoms with Gasteiger partial charge in [-0.3, -0.25) is 0 Å². The highest BCUT2D eigenvalue weighted by Gasteiger charge is 2.30. The van der Waals surface area contributed by atoms with E-state index < -0.39 is 23.9 Å². The van der Waals surface area contributed by atoms with Gasteiger partial charge in [0.1, 0.15) is 0 Å². The van der Waals surface area contributed by atoms with Crippen molar-refractivity contribution in [3.63, 3.8) is 0 Å². The molecule has 11 nitrogen and oxygen atoms in total. The van der Waals surface area contributed by atoms with E-state index in [0.717, 1.165) is 0 Å². The number of carbonyl (C=O) groups excluding carboxylic acids is 4. The van der Waals surface area contributed by atoms with E-state index in [-0.39, 0.29) is 0 Å². The van der Waals surface area contributed by atoms with E-state index in [1.807, 2.05) is 0 Å². The molecule has 0 amide bonds. The maximum Gasteiger partial charge on any atom is 0.342 e. The fourth-order valence-corrected chi connectivity index (χ4v) is 2.91. The number of ether oxygens (including phenoxy) is 7. The molecule has 184 valence electrons. The van der Waals surface area contributed by atoms with Crippen LogP contribution in [0.4, 0.5) is 0 Å². The molecule has 0 saturated heterocycles. The molecule has 11 heteroatoms. The third kappa shape index (κ3) is 9.14. The fraction of sp³-hybridized carbons (Fsp3) is 0.636. The molecule has 0 N–H and O–H groups in total. The summed E-state index contributed by atoms with van der Waals surface area (Å²) < 4.78 is 35.9. The Kier molecular flexibility index (Phi) is 11.9. The van der Waals surface area contributed by atoms with Crippen LogP contribution in [0.3, 0.4) is 0 Å². The van der Waals surface area contributed by atoms with Gasteiger partial charge in [-0.15, -0.1) is 0 Å². The van der Waals surface area contributed by atoms with Crippen LogP contribution in [0.2, 0.25) is 0 Å². The molecule has 0 radical (unpaired) electrons. The molecule has 0 atom stereocenters. The summed E-state index contributed by atoms with van der Waals surface area (Å²) in [6.07, 6.45) is 0.663. The van der Waals surface area contributed by atoms with Crippen molar-refractivity contribution in [3.8, 4) is 0 Å². The Hall–Kier alpha value is -2.44. The van der Waals surface area contributed by atoms with Gasteiger partial charge in [0.15, 0.2) is 0 Å². The van der Waals surface area contributed by atoms with Crippen molar-refractivity contribution in [3.05, 3.63) is 22.3 Å². The molecule has 0 bridgehead atoms. The van der Waals surface area contributed by atoms with E-state index in [1.54, 1.807) is 13.8 Å². The highest BCUT2D eigenvalue weighted by molar-refractivity contribution is 6.12. The van der Waals surface area contributed by atoms with Gasteiger partial charge in [0, 0.05) is 24.0 Å². The molecular weight excluding hydrogens is 440 g/mol. The summed E-state index contributed by atoms with van der Waals surface area (Å²) in [5.41, 5.74) is 1.41. The van der Waals surface area contributed by atoms with E-state index in [1.165, 1.54) is 0 Å². The van der Waals surface area contributed by atoms with Crippen LogP contribution in [0.15, 0.2) is 22.3 Å². The minimum atomic E-state index is -0.592. The largest absolute Gasteiger partial charge is 0.386 e. The quantitative estimate of drug-likeness (QED) is 0.159. The second-order valence-electron chi connectivity index (χ2n) is 7.12. The van der Waals surface area contributed by atoms with Crippen molar-refractivity contribution in [2.24, 2.45) is 0 Å². The third-order valence-electron chi connectivity index (χ3n) is 4.86. The fourth-order valence-electron chi connectivity index (χ4n) is 2.91. The SMILES string of the molecule is CC1=C(CCOCCOCCOCCOCCOCCC2=C(C)C(=O)OC2=O)C(=O)OC1=O. The second-order valence-corrected chi connectivity index (χ2v) is 7.12. The lowest BCUT2D eigenvalue weighted by molar-refractivity contribution is -0.153. The number of hydrogen-bond donors (Lipinski definition) is 0. The highest BCUT2D eigenvalue weighted by atomic mass is 16.6. The van der Waals surface area contributed by atoms with E-state index in [9.17, 15) is 19.2 Å². The van der Waals surface area contributed by atoms with Crippen LogP contribution >= 0.6 is 0 Å². The van der Waals surface area contributed by atoms with Gasteiger partial charge in [-0.1, -0.05) is 0 Å². The number of hydrogen-bond acceptors (Lipinski definition) is 11. The van der Waals surface area contributed by atoms with Crippen molar-refractivity contribution in [2.45, 2.75) is 26.7 Å². The Morgan fingerprint density at radius 1 is 0.455 bits per heavy atom. The smallest absolute Gasteiger partial charge is 0.342 e. The minimum absolute atomic E-state index is 0.305. The van der Waals surface area contributed by atoms with Crippen molar-refractivity contribution in [1.29, 1.82) is 0 Å². The van der Waals surface area contributed by atoms with Gasteiger partial charge in [0.05, 0.1) is 77.2 Å². The summed E-state index contributed by atoms with van der Waals surface area (Å²) in [6, 6.07) is 0. The molecule has 0 aromatic rings. The predicted octanol–water partition coefficient (Wildman–Crippen LogP) is 0.649. The van der Waals surface area contributed by atoms with Crippen LogP contribution in [-0.2, 0) is 52.3 Å². The molecule has 0 aromatic carbocycles. The zero-order chi connectivity index (χ0) is 24.1. The van der Waals surface area contributed by atoms with Crippen LogP contribution in [0.25, 0.3) is 0 Å². The van der Waals surface area contributed by atoms with Crippen LogP contribution < -0.4 is 0 Å². The van der Waals surface area contributed by atoms with Gasteiger partial charge in [-0.2, -0.15) is 0 Å². The monoisotopic (exact) mass is 470 g/mol. The first kappa shape index (κ1) is 26.8. The summed E-state index contributed by atoms with van der Waals surface area (Å²) in [6.45, 7) is 6.92. The van der Waals surface area contributed by atoms with Gasteiger partial charge < -0.3 is 33.2 Å². The maximum atomic E-state index is 11.4. The first-order valence-corrected chi connectivity index (χ1v) is 10.7. The maximum absolute atomic E-state index is 11.4. The average molecular weight is 470 g/mol. The van der Waals surface area contributed by atoms with Gasteiger partial charge in [0.2, 0.25) is 0 Å². The molecule has 2 heterocycles. The van der Waals surface area contributed by atoms with E-state index in [0.29, 0.717) is 101 Å². The lowest BCUT2D eigenvalue weighted by atomic mass is 10.1. The molecule has 0 saturated carbocycles. The van der Waals surface area contributed by atoms with Crippen LogP contribution in [-0.4, -0.2) is 89.9 Å². The molecular formula is C22H30O11. The molecule has 0 aliphatic carbocycles. The van der Waals surface area contributed by atoms with E-state index in [2.05, 4.69) is 9.47 Å². The van der Waals surface area contributed by atoms with Crippen LogP contribution in [0.5, 0.6) is 0 Å². The highest BCUT2D eigenvalue weighted by Crippen LogP contribution is 2.20. The van der Waals surface area contributed by atoms with Crippen LogP contribution in [0.1, 0.15) is 26.7 Å². The molecule has 0 fully saturated rings. The molecule has 0 unspecified atom stereocenters. The van der Waals surface area contributed by atoms with E-state index in [4.69, 9.17) is 23.7 Å². The second kappa shape index (κ2) is 14.7. The first-order chi connectivity index (χ1) is 15.9. The molecule has 0 spiro atoms. The van der Waals surface area contributed by atoms with Crippen molar-refractivity contribution in [2.75, 3.05) is 66.1 Å². The van der Waals surface area contributed by atoms with Gasteiger partial charge >= 0.3 is 23.9 Å².